The third-order valence-electron chi connectivity index (χ3n) is 2.56. The van der Waals surface area contributed by atoms with Gasteiger partial charge in [0.25, 0.3) is 0 Å². The molecule has 0 saturated heterocycles. The lowest BCUT2D eigenvalue weighted by Gasteiger charge is -2.06. The number of phenols is 1. The van der Waals surface area contributed by atoms with Crippen molar-refractivity contribution < 1.29 is 19.4 Å². The molecule has 19 heavy (non-hydrogen) atoms. The Morgan fingerprint density at radius 2 is 2.16 bits per heavy atom. The van der Waals surface area contributed by atoms with Crippen LogP contribution in [0.4, 0.5) is 0 Å². The predicted octanol–water partition coefficient (Wildman–Crippen LogP) is 2.84. The molecule has 1 rings (SSSR count). The predicted molar refractivity (Wildman–Crippen MR) is 73.4 cm³/mol. The van der Waals surface area contributed by atoms with Crippen LogP contribution in [0.2, 0.25) is 0 Å². The summed E-state index contributed by atoms with van der Waals surface area (Å²) < 4.78 is 10.0. The summed E-state index contributed by atoms with van der Waals surface area (Å²) >= 11 is 0. The molecule has 0 unspecified atom stereocenters. The van der Waals surface area contributed by atoms with Crippen LogP contribution in [0.15, 0.2) is 30.4 Å². The summed E-state index contributed by atoms with van der Waals surface area (Å²) in [6.07, 6.45) is 6.08. The molecule has 0 fully saturated rings. The molecule has 0 spiro atoms. The van der Waals surface area contributed by atoms with E-state index in [4.69, 9.17) is 9.47 Å². The van der Waals surface area contributed by atoms with Crippen molar-refractivity contribution >= 4 is 5.97 Å². The summed E-state index contributed by atoms with van der Waals surface area (Å²) in [4.78, 5) is 11.6. The molecular weight excluding hydrogens is 244 g/mol. The highest BCUT2D eigenvalue weighted by Crippen LogP contribution is 2.26. The lowest BCUT2D eigenvalue weighted by molar-refractivity contribution is -0.141. The summed E-state index contributed by atoms with van der Waals surface area (Å²) in [5.74, 6) is 0.115. The van der Waals surface area contributed by atoms with Gasteiger partial charge in [0.2, 0.25) is 0 Å². The minimum atomic E-state index is -0.297. The molecule has 0 aliphatic rings. The van der Waals surface area contributed by atoms with Crippen LogP contribution in [0.5, 0.6) is 11.5 Å². The largest absolute Gasteiger partial charge is 0.504 e. The van der Waals surface area contributed by atoms with Crippen molar-refractivity contribution in [3.63, 3.8) is 0 Å². The molecule has 1 N–H and O–H groups in total. The zero-order valence-corrected chi connectivity index (χ0v) is 11.4. The Morgan fingerprint density at radius 1 is 1.37 bits per heavy atom. The van der Waals surface area contributed by atoms with Gasteiger partial charge in [0.1, 0.15) is 6.61 Å². The van der Waals surface area contributed by atoms with Gasteiger partial charge in [-0.3, -0.25) is 4.79 Å². The molecule has 4 nitrogen and oxygen atoms in total. The fourth-order valence-corrected chi connectivity index (χ4v) is 1.54. The minimum Gasteiger partial charge on any atom is -0.504 e. The van der Waals surface area contributed by atoms with Crippen molar-refractivity contribution in [3.8, 4) is 11.5 Å². The number of rotatable bonds is 7. The molecule has 0 bridgehead atoms. The molecule has 1 aromatic rings. The number of esters is 1. The first kappa shape index (κ1) is 15.1. The highest BCUT2D eigenvalue weighted by Gasteiger charge is 2.07. The molecule has 0 amide bonds. The average Bonchev–Trinajstić information content (AvgIpc) is 2.40. The van der Waals surface area contributed by atoms with Crippen LogP contribution < -0.4 is 4.74 Å². The van der Waals surface area contributed by atoms with Crippen molar-refractivity contribution in [1.29, 1.82) is 0 Å². The van der Waals surface area contributed by atoms with E-state index in [0.717, 1.165) is 18.4 Å². The molecule has 0 aromatic heterocycles. The van der Waals surface area contributed by atoms with Gasteiger partial charge < -0.3 is 14.6 Å². The van der Waals surface area contributed by atoms with Gasteiger partial charge in [-0.15, -0.1) is 0 Å². The number of phenolic OH excluding ortho intramolecular Hbond substituents is 1. The Hall–Kier alpha value is -1.97. The molecule has 0 heterocycles. The van der Waals surface area contributed by atoms with Gasteiger partial charge in [-0.2, -0.15) is 0 Å². The van der Waals surface area contributed by atoms with Gasteiger partial charge >= 0.3 is 5.97 Å². The number of methoxy groups -OCH3 is 1. The highest BCUT2D eigenvalue weighted by molar-refractivity contribution is 5.73. The topological polar surface area (TPSA) is 55.8 Å². The maximum absolute atomic E-state index is 11.6. The number of allylic oxidation sites excluding steroid dienone is 1. The molecule has 4 heteroatoms. The fourth-order valence-electron chi connectivity index (χ4n) is 1.54. The van der Waals surface area contributed by atoms with Crippen LogP contribution in [0, 0.1) is 0 Å². The maximum atomic E-state index is 11.6. The van der Waals surface area contributed by atoms with E-state index in [2.05, 4.69) is 6.92 Å². The standard InChI is InChI=1S/C15H20O4/c1-3-4-5-6-9-19-15(17)11-12-7-8-13(16)14(10-12)18-2/h5-8,10,16H,3-4,9,11H2,1-2H3. The van der Waals surface area contributed by atoms with Gasteiger partial charge in [0, 0.05) is 0 Å². The smallest absolute Gasteiger partial charge is 0.310 e. The zero-order chi connectivity index (χ0) is 14.1. The normalized spacial score (nSPS) is 10.6. The van der Waals surface area contributed by atoms with Crippen molar-refractivity contribution in [2.24, 2.45) is 0 Å². The highest BCUT2D eigenvalue weighted by atomic mass is 16.5. The number of ether oxygens (including phenoxy) is 2. The van der Waals surface area contributed by atoms with E-state index in [-0.39, 0.29) is 18.1 Å². The molecule has 0 aliphatic carbocycles. The van der Waals surface area contributed by atoms with Crippen LogP contribution in [-0.2, 0) is 16.0 Å². The lowest BCUT2D eigenvalue weighted by atomic mass is 10.1. The van der Waals surface area contributed by atoms with Crippen LogP contribution in [0.25, 0.3) is 0 Å². The van der Waals surface area contributed by atoms with Crippen molar-refractivity contribution in [3.05, 3.63) is 35.9 Å². The van der Waals surface area contributed by atoms with E-state index in [1.807, 2.05) is 12.2 Å². The summed E-state index contributed by atoms with van der Waals surface area (Å²) in [5.41, 5.74) is 0.747. The van der Waals surface area contributed by atoms with Crippen LogP contribution in [0.3, 0.4) is 0 Å². The maximum Gasteiger partial charge on any atom is 0.310 e. The first-order valence-corrected chi connectivity index (χ1v) is 6.33. The van der Waals surface area contributed by atoms with Crippen molar-refractivity contribution in [2.75, 3.05) is 13.7 Å². The molecule has 0 saturated carbocycles. The van der Waals surface area contributed by atoms with E-state index < -0.39 is 0 Å². The zero-order valence-electron chi connectivity index (χ0n) is 11.4. The Bertz CT molecular complexity index is 438. The number of carbonyl (C=O) groups is 1. The third kappa shape index (κ3) is 5.46. The molecule has 0 aliphatic heterocycles. The number of carbonyl (C=O) groups excluding carboxylic acids is 1. The lowest BCUT2D eigenvalue weighted by Crippen LogP contribution is -2.08. The average molecular weight is 264 g/mol. The number of hydrogen-bond acceptors (Lipinski definition) is 4. The van der Waals surface area contributed by atoms with E-state index >= 15 is 0 Å². The fraction of sp³-hybridized carbons (Fsp3) is 0.400. The van der Waals surface area contributed by atoms with Crippen LogP contribution >= 0.6 is 0 Å². The Kier molecular flexibility index (Phi) is 6.50. The van der Waals surface area contributed by atoms with E-state index in [9.17, 15) is 9.90 Å². The molecule has 0 atom stereocenters. The summed E-state index contributed by atoms with van der Waals surface area (Å²) in [6, 6.07) is 4.80. The van der Waals surface area contributed by atoms with Gasteiger partial charge in [-0.1, -0.05) is 31.6 Å². The SMILES string of the molecule is CCCC=CCOC(=O)Cc1ccc(O)c(OC)c1. The molecular formula is C15H20O4. The van der Waals surface area contributed by atoms with Crippen molar-refractivity contribution in [1.82, 2.24) is 0 Å². The first-order chi connectivity index (χ1) is 9.17. The third-order valence-corrected chi connectivity index (χ3v) is 2.56. The van der Waals surface area contributed by atoms with Gasteiger partial charge in [-0.05, 0) is 24.1 Å². The second-order valence-electron chi connectivity index (χ2n) is 4.13. The Balaban J connectivity index is 2.44. The minimum absolute atomic E-state index is 0.0575. The Morgan fingerprint density at radius 3 is 2.84 bits per heavy atom. The van der Waals surface area contributed by atoms with Crippen molar-refractivity contribution in [2.45, 2.75) is 26.2 Å². The molecule has 1 aromatic carbocycles. The quantitative estimate of drug-likeness (QED) is 0.607. The number of hydrogen-bond donors (Lipinski definition) is 1. The number of unbranched alkanes of at least 4 members (excludes halogenated alkanes) is 1. The second kappa shape index (κ2) is 8.19. The summed E-state index contributed by atoms with van der Waals surface area (Å²) in [7, 11) is 1.47. The van der Waals surface area contributed by atoms with E-state index in [0.29, 0.717) is 12.4 Å². The van der Waals surface area contributed by atoms with E-state index in [1.54, 1.807) is 12.1 Å². The summed E-state index contributed by atoms with van der Waals surface area (Å²) in [6.45, 7) is 2.39. The van der Waals surface area contributed by atoms with Crippen LogP contribution in [-0.4, -0.2) is 24.8 Å². The first-order valence-electron chi connectivity index (χ1n) is 6.33. The van der Waals surface area contributed by atoms with Gasteiger partial charge in [0.05, 0.1) is 13.5 Å². The number of aromatic hydroxyl groups is 1. The second-order valence-corrected chi connectivity index (χ2v) is 4.13. The number of benzene rings is 1. The summed E-state index contributed by atoms with van der Waals surface area (Å²) in [5, 5.41) is 9.44. The van der Waals surface area contributed by atoms with Gasteiger partial charge in [-0.25, -0.2) is 0 Å². The molecule has 0 radical (unpaired) electrons. The van der Waals surface area contributed by atoms with E-state index in [1.165, 1.54) is 13.2 Å². The molecule has 104 valence electrons. The van der Waals surface area contributed by atoms with Crippen LogP contribution in [0.1, 0.15) is 25.3 Å². The monoisotopic (exact) mass is 264 g/mol. The Labute approximate surface area is 113 Å². The van der Waals surface area contributed by atoms with Gasteiger partial charge in [0.15, 0.2) is 11.5 Å².